The number of nitrogens with zero attached hydrogens (tertiary/aromatic N) is 4. The van der Waals surface area contributed by atoms with Gasteiger partial charge in [0.15, 0.2) is 21.7 Å². The molecule has 0 bridgehead atoms. The van der Waals surface area contributed by atoms with Crippen LogP contribution in [0.25, 0.3) is 11.2 Å². The summed E-state index contributed by atoms with van der Waals surface area (Å²) >= 11 is 3.44. The van der Waals surface area contributed by atoms with Crippen LogP contribution >= 0.6 is 15.9 Å². The second-order valence-electron chi connectivity index (χ2n) is 5.27. The highest BCUT2D eigenvalue weighted by molar-refractivity contribution is 9.10. The van der Waals surface area contributed by atoms with Crippen LogP contribution in [0.1, 0.15) is 18.7 Å². The summed E-state index contributed by atoms with van der Waals surface area (Å²) in [6.45, 7) is 0.189. The van der Waals surface area contributed by atoms with E-state index in [0.29, 0.717) is 10.6 Å². The molecular formula is C16H18BrN5O. The molecule has 0 spiro atoms. The lowest BCUT2D eigenvalue weighted by molar-refractivity contribution is 0.284. The van der Waals surface area contributed by atoms with Crippen molar-refractivity contribution in [3.05, 3.63) is 40.9 Å². The molecule has 1 aromatic carbocycles. The Bertz CT molecular complexity index is 803. The summed E-state index contributed by atoms with van der Waals surface area (Å²) in [5.41, 5.74) is 2.47. The average molecular weight is 376 g/mol. The number of fused-ring (bicyclic) bond motifs is 1. The minimum absolute atomic E-state index is 0.189. The molecule has 3 rings (SSSR count). The zero-order chi connectivity index (χ0) is 16.2. The maximum atomic E-state index is 8.94. The molecule has 0 aliphatic carbocycles. The summed E-state index contributed by atoms with van der Waals surface area (Å²) in [7, 11) is 1.91. The molecule has 0 aliphatic rings. The number of anilines is 2. The fourth-order valence-electron chi connectivity index (χ4n) is 2.33. The number of aliphatic hydroxyl groups excluding tert-OH is 1. The summed E-state index contributed by atoms with van der Waals surface area (Å²) < 4.78 is 2.60. The van der Waals surface area contributed by atoms with Crippen LogP contribution < -0.4 is 5.32 Å². The van der Waals surface area contributed by atoms with E-state index in [1.165, 1.54) is 0 Å². The zero-order valence-electron chi connectivity index (χ0n) is 12.8. The number of rotatable bonds is 6. The lowest BCUT2D eigenvalue weighted by atomic mass is 10.2. The Hall–Kier alpha value is -1.99. The highest BCUT2D eigenvalue weighted by atomic mass is 79.9. The van der Waals surface area contributed by atoms with Crippen molar-refractivity contribution >= 4 is 38.6 Å². The van der Waals surface area contributed by atoms with E-state index in [4.69, 9.17) is 5.11 Å². The Kier molecular flexibility index (Phi) is 4.88. The van der Waals surface area contributed by atoms with Gasteiger partial charge in [-0.2, -0.15) is 0 Å². The number of unbranched alkanes of at least 4 members (excludes halogenated alkanes) is 1. The van der Waals surface area contributed by atoms with E-state index in [1.807, 2.05) is 41.9 Å². The first-order chi connectivity index (χ1) is 11.2. The number of benzene rings is 1. The first-order valence-electron chi connectivity index (χ1n) is 7.51. The Morgan fingerprint density at radius 3 is 2.65 bits per heavy atom. The van der Waals surface area contributed by atoms with Crippen LogP contribution in [-0.4, -0.2) is 31.2 Å². The highest BCUT2D eigenvalue weighted by Crippen LogP contribution is 2.26. The van der Waals surface area contributed by atoms with Gasteiger partial charge in [-0.25, -0.2) is 15.0 Å². The Labute approximate surface area is 142 Å². The van der Waals surface area contributed by atoms with Gasteiger partial charge in [-0.1, -0.05) is 18.2 Å². The van der Waals surface area contributed by atoms with Crippen molar-refractivity contribution in [2.75, 3.05) is 11.9 Å². The normalized spacial score (nSPS) is 11.1. The van der Waals surface area contributed by atoms with E-state index in [2.05, 4.69) is 36.2 Å². The summed E-state index contributed by atoms with van der Waals surface area (Å²) in [4.78, 5) is 13.7. The van der Waals surface area contributed by atoms with Gasteiger partial charge in [0, 0.05) is 25.8 Å². The fourth-order valence-corrected chi connectivity index (χ4v) is 2.68. The molecule has 0 radical (unpaired) electrons. The Morgan fingerprint density at radius 2 is 1.91 bits per heavy atom. The molecule has 0 saturated heterocycles. The van der Waals surface area contributed by atoms with Crippen LogP contribution in [0.2, 0.25) is 0 Å². The predicted molar refractivity (Wildman–Crippen MR) is 93.8 cm³/mol. The number of aliphatic hydroxyl groups is 1. The first-order valence-corrected chi connectivity index (χ1v) is 8.30. The number of halogens is 1. The predicted octanol–water partition coefficient (Wildman–Crippen LogP) is 3.18. The zero-order valence-corrected chi connectivity index (χ0v) is 14.4. The molecular weight excluding hydrogens is 358 g/mol. The second kappa shape index (κ2) is 7.06. The molecule has 2 aromatic heterocycles. The van der Waals surface area contributed by atoms with Gasteiger partial charge in [0.2, 0.25) is 0 Å². The highest BCUT2D eigenvalue weighted by Gasteiger charge is 2.15. The van der Waals surface area contributed by atoms with Crippen LogP contribution in [-0.2, 0) is 13.5 Å². The van der Waals surface area contributed by atoms with Gasteiger partial charge < -0.3 is 15.0 Å². The molecule has 0 atom stereocenters. The number of para-hydroxylation sites is 1. The van der Waals surface area contributed by atoms with Crippen LogP contribution in [0.4, 0.5) is 11.5 Å². The Balaban J connectivity index is 2.01. The van der Waals surface area contributed by atoms with Crippen molar-refractivity contribution in [2.24, 2.45) is 7.05 Å². The van der Waals surface area contributed by atoms with Gasteiger partial charge in [0.1, 0.15) is 5.82 Å². The maximum Gasteiger partial charge on any atom is 0.179 e. The largest absolute Gasteiger partial charge is 0.396 e. The minimum atomic E-state index is 0.189. The third-order valence-electron chi connectivity index (χ3n) is 3.56. The molecule has 0 aliphatic heterocycles. The van der Waals surface area contributed by atoms with E-state index < -0.39 is 0 Å². The molecule has 6 nitrogen and oxygen atoms in total. The van der Waals surface area contributed by atoms with E-state index in [0.717, 1.165) is 41.9 Å². The van der Waals surface area contributed by atoms with Crippen molar-refractivity contribution < 1.29 is 5.11 Å². The lowest BCUT2D eigenvalue weighted by Crippen LogP contribution is -2.03. The van der Waals surface area contributed by atoms with Crippen molar-refractivity contribution in [1.82, 2.24) is 19.5 Å². The molecule has 0 fully saturated rings. The van der Waals surface area contributed by atoms with Gasteiger partial charge in [0.25, 0.3) is 0 Å². The lowest BCUT2D eigenvalue weighted by Gasteiger charge is -2.08. The molecule has 23 heavy (non-hydrogen) atoms. The van der Waals surface area contributed by atoms with E-state index >= 15 is 0 Å². The van der Waals surface area contributed by atoms with E-state index in [9.17, 15) is 0 Å². The van der Waals surface area contributed by atoms with Gasteiger partial charge in [-0.15, -0.1) is 0 Å². The van der Waals surface area contributed by atoms with Crippen LogP contribution in [0.3, 0.4) is 0 Å². The van der Waals surface area contributed by atoms with Crippen LogP contribution in [0.15, 0.2) is 35.1 Å². The fraction of sp³-hybridized carbons (Fsp3) is 0.312. The van der Waals surface area contributed by atoms with Gasteiger partial charge in [-0.05, 0) is 40.9 Å². The quantitative estimate of drug-likeness (QED) is 0.511. The molecule has 0 saturated carbocycles. The van der Waals surface area contributed by atoms with Gasteiger partial charge >= 0.3 is 0 Å². The number of aromatic nitrogens is 4. The summed E-state index contributed by atoms with van der Waals surface area (Å²) in [6, 6.07) is 9.88. The standard InChI is InChI=1S/C16H18BrN5O/c1-22-15-13(21-16(22)17)14(18-11-7-3-2-4-8-11)19-12(20-15)9-5-6-10-23/h2-4,7-8,23H,5-6,9-10H2,1H3,(H,18,19,20). The molecule has 0 unspecified atom stereocenters. The van der Waals surface area contributed by atoms with Crippen molar-refractivity contribution in [2.45, 2.75) is 19.3 Å². The molecule has 2 N–H and O–H groups in total. The first kappa shape index (κ1) is 15.9. The smallest absolute Gasteiger partial charge is 0.179 e. The van der Waals surface area contributed by atoms with Crippen LogP contribution in [0, 0.1) is 0 Å². The molecule has 3 aromatic rings. The monoisotopic (exact) mass is 375 g/mol. The summed E-state index contributed by atoms with van der Waals surface area (Å²) in [5.74, 6) is 1.45. The number of hydrogen-bond acceptors (Lipinski definition) is 5. The number of hydrogen-bond donors (Lipinski definition) is 2. The van der Waals surface area contributed by atoms with Crippen molar-refractivity contribution in [3.8, 4) is 0 Å². The third kappa shape index (κ3) is 3.51. The van der Waals surface area contributed by atoms with E-state index in [-0.39, 0.29) is 6.61 Å². The second-order valence-corrected chi connectivity index (χ2v) is 5.98. The molecule has 2 heterocycles. The van der Waals surface area contributed by atoms with Crippen LogP contribution in [0.5, 0.6) is 0 Å². The topological polar surface area (TPSA) is 75.9 Å². The molecule has 7 heteroatoms. The minimum Gasteiger partial charge on any atom is -0.396 e. The van der Waals surface area contributed by atoms with Gasteiger partial charge in [0.05, 0.1) is 0 Å². The average Bonchev–Trinajstić information content (AvgIpc) is 2.85. The van der Waals surface area contributed by atoms with Crippen molar-refractivity contribution in [1.29, 1.82) is 0 Å². The summed E-state index contributed by atoms with van der Waals surface area (Å²) in [5, 5.41) is 12.3. The maximum absolute atomic E-state index is 8.94. The van der Waals surface area contributed by atoms with Gasteiger partial charge in [-0.3, -0.25) is 0 Å². The molecule has 0 amide bonds. The number of aryl methyl sites for hydroxylation is 2. The van der Waals surface area contributed by atoms with Crippen molar-refractivity contribution in [3.63, 3.8) is 0 Å². The number of imidazole rings is 1. The Morgan fingerprint density at radius 1 is 1.13 bits per heavy atom. The molecule has 120 valence electrons. The number of nitrogens with one attached hydrogen (secondary N) is 1. The third-order valence-corrected chi connectivity index (χ3v) is 4.26. The SMILES string of the molecule is Cn1c(Br)nc2c(Nc3ccccc3)nc(CCCCO)nc21. The van der Waals surface area contributed by atoms with E-state index in [1.54, 1.807) is 0 Å². The summed E-state index contributed by atoms with van der Waals surface area (Å²) in [6.07, 6.45) is 2.33.